The molecule has 3 N–H and O–H groups in total. The van der Waals surface area contributed by atoms with E-state index in [-0.39, 0.29) is 18.5 Å². The highest BCUT2D eigenvalue weighted by molar-refractivity contribution is 7.80. The fraction of sp³-hybridized carbons (Fsp3) is 0.667. The molecule has 0 aromatic rings. The topological polar surface area (TPSA) is 78.4 Å². The first kappa shape index (κ1) is 9.34. The van der Waals surface area contributed by atoms with E-state index in [1.54, 1.807) is 0 Å². The zero-order chi connectivity index (χ0) is 9.14. The molecular formula is C6H10N2O3S. The quantitative estimate of drug-likeness (QED) is 0.398. The van der Waals surface area contributed by atoms with E-state index in [0.29, 0.717) is 5.75 Å². The molecule has 1 fully saturated rings. The minimum atomic E-state index is -1.02. The summed E-state index contributed by atoms with van der Waals surface area (Å²) in [6.45, 7) is 0.256. The van der Waals surface area contributed by atoms with E-state index in [9.17, 15) is 9.59 Å². The van der Waals surface area contributed by atoms with Gasteiger partial charge < -0.3 is 15.7 Å². The Bertz CT molecular complexity index is 209. The molecule has 2 unspecified atom stereocenters. The Hall–Kier alpha value is -0.750. The summed E-state index contributed by atoms with van der Waals surface area (Å²) in [6, 6.07) is -1.18. The van der Waals surface area contributed by atoms with Crippen molar-refractivity contribution >= 4 is 24.5 Å². The zero-order valence-corrected chi connectivity index (χ0v) is 7.17. The molecule has 0 radical (unpaired) electrons. The summed E-state index contributed by atoms with van der Waals surface area (Å²) < 4.78 is 0. The van der Waals surface area contributed by atoms with Gasteiger partial charge in [0.15, 0.2) is 0 Å². The summed E-state index contributed by atoms with van der Waals surface area (Å²) in [5, 5.41) is 13.7. The van der Waals surface area contributed by atoms with Crippen LogP contribution in [-0.2, 0) is 9.59 Å². The maximum Gasteiger partial charge on any atom is 0.327 e. The van der Waals surface area contributed by atoms with Gasteiger partial charge in [0.05, 0.1) is 6.04 Å². The van der Waals surface area contributed by atoms with Crippen molar-refractivity contribution in [1.82, 2.24) is 10.6 Å². The number of carbonyl (C=O) groups excluding carboxylic acids is 1. The lowest BCUT2D eigenvalue weighted by molar-refractivity contribution is -0.143. The van der Waals surface area contributed by atoms with Crippen molar-refractivity contribution in [3.63, 3.8) is 0 Å². The zero-order valence-electron chi connectivity index (χ0n) is 6.28. The minimum Gasteiger partial charge on any atom is -0.480 e. The van der Waals surface area contributed by atoms with Gasteiger partial charge in [-0.2, -0.15) is 12.6 Å². The number of piperazine rings is 1. The predicted molar refractivity (Wildman–Crippen MR) is 45.2 cm³/mol. The number of thiol groups is 1. The van der Waals surface area contributed by atoms with Crippen molar-refractivity contribution < 1.29 is 14.7 Å². The van der Waals surface area contributed by atoms with Gasteiger partial charge in [-0.15, -0.1) is 0 Å². The van der Waals surface area contributed by atoms with Gasteiger partial charge in [-0.1, -0.05) is 0 Å². The number of carbonyl (C=O) groups is 2. The molecule has 68 valence electrons. The molecule has 0 aromatic heterocycles. The van der Waals surface area contributed by atoms with Gasteiger partial charge >= 0.3 is 5.97 Å². The fourth-order valence-electron chi connectivity index (χ4n) is 0.973. The molecule has 1 aliphatic heterocycles. The van der Waals surface area contributed by atoms with Crippen molar-refractivity contribution in [2.75, 3.05) is 12.3 Å². The predicted octanol–water partition coefficient (Wildman–Crippen LogP) is -1.54. The minimum absolute atomic E-state index is 0.256. The highest BCUT2D eigenvalue weighted by Gasteiger charge is 2.29. The van der Waals surface area contributed by atoms with Gasteiger partial charge in [-0.3, -0.25) is 4.79 Å². The van der Waals surface area contributed by atoms with E-state index in [1.165, 1.54) is 0 Å². The van der Waals surface area contributed by atoms with Crippen LogP contribution in [0.5, 0.6) is 0 Å². The maximum atomic E-state index is 11.1. The first-order valence-electron chi connectivity index (χ1n) is 3.52. The van der Waals surface area contributed by atoms with Crippen molar-refractivity contribution in [2.24, 2.45) is 0 Å². The molecule has 0 saturated carbocycles. The van der Waals surface area contributed by atoms with Crippen LogP contribution >= 0.6 is 12.6 Å². The molecule has 12 heavy (non-hydrogen) atoms. The molecule has 0 spiro atoms. The lowest BCUT2D eigenvalue weighted by Gasteiger charge is -2.26. The van der Waals surface area contributed by atoms with Crippen molar-refractivity contribution in [3.05, 3.63) is 0 Å². The Morgan fingerprint density at radius 1 is 1.75 bits per heavy atom. The number of hydrogen-bond acceptors (Lipinski definition) is 4. The second-order valence-electron chi connectivity index (χ2n) is 2.54. The van der Waals surface area contributed by atoms with Crippen LogP contribution in [0.2, 0.25) is 0 Å². The summed E-state index contributed by atoms with van der Waals surface area (Å²) in [4.78, 5) is 21.5. The molecule has 1 heterocycles. The Balaban J connectivity index is 2.52. The van der Waals surface area contributed by atoms with Crippen LogP contribution in [-0.4, -0.2) is 41.4 Å². The maximum absolute atomic E-state index is 11.1. The SMILES string of the molecule is O=C(O)C1CNC(CS)C(=O)N1. The lowest BCUT2D eigenvalue weighted by atomic mass is 10.1. The molecule has 5 nitrogen and oxygen atoms in total. The first-order chi connectivity index (χ1) is 5.65. The van der Waals surface area contributed by atoms with Crippen LogP contribution in [0.3, 0.4) is 0 Å². The molecule has 6 heteroatoms. The summed E-state index contributed by atoms with van der Waals surface area (Å²) in [5.74, 6) is -0.949. The third-order valence-electron chi connectivity index (χ3n) is 1.68. The number of hydrogen-bond donors (Lipinski definition) is 4. The summed E-state index contributed by atoms with van der Waals surface area (Å²) in [6.07, 6.45) is 0. The number of aliphatic carboxylic acids is 1. The van der Waals surface area contributed by atoms with Gasteiger partial charge in [0.1, 0.15) is 6.04 Å². The Morgan fingerprint density at radius 2 is 2.42 bits per heavy atom. The van der Waals surface area contributed by atoms with Crippen LogP contribution in [0, 0.1) is 0 Å². The van der Waals surface area contributed by atoms with E-state index in [0.717, 1.165) is 0 Å². The van der Waals surface area contributed by atoms with E-state index in [2.05, 4.69) is 23.3 Å². The molecule has 1 saturated heterocycles. The normalized spacial score (nSPS) is 29.6. The largest absolute Gasteiger partial charge is 0.480 e. The van der Waals surface area contributed by atoms with Gasteiger partial charge in [0, 0.05) is 12.3 Å². The van der Waals surface area contributed by atoms with Crippen molar-refractivity contribution in [3.8, 4) is 0 Å². The molecule has 0 bridgehead atoms. The van der Waals surface area contributed by atoms with E-state index in [1.807, 2.05) is 0 Å². The lowest BCUT2D eigenvalue weighted by Crippen LogP contribution is -2.61. The Labute approximate surface area is 74.9 Å². The number of nitrogens with one attached hydrogen (secondary N) is 2. The Morgan fingerprint density at radius 3 is 2.83 bits per heavy atom. The number of amides is 1. The third kappa shape index (κ3) is 1.89. The van der Waals surface area contributed by atoms with Crippen LogP contribution in [0.4, 0.5) is 0 Å². The molecular weight excluding hydrogens is 180 g/mol. The number of carboxylic acids is 1. The Kier molecular flexibility index (Phi) is 2.93. The standard InChI is InChI=1S/C6H10N2O3S/c9-5-4(2-12)7-1-3(8-5)6(10)11/h3-4,7,12H,1-2H2,(H,8,9)(H,10,11). The average Bonchev–Trinajstić information content (AvgIpc) is 2.04. The smallest absolute Gasteiger partial charge is 0.327 e. The molecule has 1 amide bonds. The van der Waals surface area contributed by atoms with Crippen LogP contribution in [0.25, 0.3) is 0 Å². The van der Waals surface area contributed by atoms with Crippen LogP contribution in [0.1, 0.15) is 0 Å². The third-order valence-corrected chi connectivity index (χ3v) is 2.05. The van der Waals surface area contributed by atoms with Gasteiger partial charge in [0.2, 0.25) is 5.91 Å². The van der Waals surface area contributed by atoms with Gasteiger partial charge in [-0.25, -0.2) is 4.79 Å². The van der Waals surface area contributed by atoms with E-state index < -0.39 is 12.0 Å². The summed E-state index contributed by atoms with van der Waals surface area (Å²) in [5.41, 5.74) is 0. The van der Waals surface area contributed by atoms with Crippen molar-refractivity contribution in [1.29, 1.82) is 0 Å². The van der Waals surface area contributed by atoms with Gasteiger partial charge in [-0.05, 0) is 0 Å². The molecule has 1 rings (SSSR count). The average molecular weight is 190 g/mol. The van der Waals surface area contributed by atoms with Gasteiger partial charge in [0.25, 0.3) is 0 Å². The molecule has 1 aliphatic rings. The molecule has 0 aromatic carbocycles. The van der Waals surface area contributed by atoms with Crippen LogP contribution < -0.4 is 10.6 Å². The van der Waals surface area contributed by atoms with E-state index >= 15 is 0 Å². The fourth-order valence-corrected chi connectivity index (χ4v) is 1.27. The second kappa shape index (κ2) is 3.77. The monoisotopic (exact) mass is 190 g/mol. The highest BCUT2D eigenvalue weighted by atomic mass is 32.1. The highest BCUT2D eigenvalue weighted by Crippen LogP contribution is 1.97. The number of rotatable bonds is 2. The first-order valence-corrected chi connectivity index (χ1v) is 4.16. The summed E-state index contributed by atoms with van der Waals surface area (Å²) in [7, 11) is 0. The number of carboxylic acid groups (broad SMARTS) is 1. The summed E-state index contributed by atoms with van der Waals surface area (Å²) >= 11 is 3.93. The van der Waals surface area contributed by atoms with Crippen molar-refractivity contribution in [2.45, 2.75) is 12.1 Å². The second-order valence-corrected chi connectivity index (χ2v) is 2.91. The van der Waals surface area contributed by atoms with Crippen LogP contribution in [0.15, 0.2) is 0 Å². The van der Waals surface area contributed by atoms with E-state index in [4.69, 9.17) is 5.11 Å². The molecule has 2 atom stereocenters. The molecule has 0 aliphatic carbocycles.